The number of anilines is 1. The van der Waals surface area contributed by atoms with Crippen LogP contribution in [0.4, 0.5) is 5.69 Å². The molecule has 0 aliphatic heterocycles. The molecule has 0 spiro atoms. The van der Waals surface area contributed by atoms with Crippen molar-refractivity contribution in [1.82, 2.24) is 5.32 Å². The number of hydrogen-bond donors (Lipinski definition) is 3. The van der Waals surface area contributed by atoms with Crippen molar-refractivity contribution < 1.29 is 27.5 Å². The first-order valence-corrected chi connectivity index (χ1v) is 10.3. The maximum absolute atomic E-state index is 12.4. The van der Waals surface area contributed by atoms with E-state index in [9.17, 15) is 18.0 Å². The minimum absolute atomic E-state index is 0.115. The molecule has 4 N–H and O–H groups in total. The van der Waals surface area contributed by atoms with Gasteiger partial charge in [-0.1, -0.05) is 12.1 Å². The fraction of sp³-hybridized carbons (Fsp3) is 0.200. The summed E-state index contributed by atoms with van der Waals surface area (Å²) in [5, 5.41) is 10.2. The topological polar surface area (TPSA) is 137 Å². The standard InChI is InChI=1S/C20H23N3O6S/c1-13(22-19(24)11-6-14-4-7-15(28-2)8-5-14)20(25)23-17-12-16(30(21,26)27)9-10-18(17)29-3/h4-13H,1-3H3,(H,22,24)(H,23,25)(H2,21,26,27)/b11-6+/t13-/m0/s1. The lowest BCUT2D eigenvalue weighted by Crippen LogP contribution is -2.40. The molecule has 0 aliphatic carbocycles. The van der Waals surface area contributed by atoms with Gasteiger partial charge >= 0.3 is 0 Å². The van der Waals surface area contributed by atoms with Crippen LogP contribution in [0, 0.1) is 0 Å². The van der Waals surface area contributed by atoms with Crippen LogP contribution < -0.4 is 25.2 Å². The van der Waals surface area contributed by atoms with Crippen molar-refractivity contribution in [2.45, 2.75) is 17.9 Å². The molecule has 0 unspecified atom stereocenters. The Morgan fingerprint density at radius 1 is 1.07 bits per heavy atom. The van der Waals surface area contributed by atoms with Gasteiger partial charge in [-0.3, -0.25) is 9.59 Å². The Bertz CT molecular complexity index is 1050. The van der Waals surface area contributed by atoms with Crippen LogP contribution in [-0.2, 0) is 19.6 Å². The van der Waals surface area contributed by atoms with Gasteiger partial charge < -0.3 is 20.1 Å². The van der Waals surface area contributed by atoms with Gasteiger partial charge in [0.1, 0.15) is 17.5 Å². The Morgan fingerprint density at radius 2 is 1.73 bits per heavy atom. The Labute approximate surface area is 174 Å². The lowest BCUT2D eigenvalue weighted by Gasteiger charge is -2.15. The number of nitrogens with two attached hydrogens (primary N) is 1. The number of carbonyl (C=O) groups is 2. The molecular formula is C20H23N3O6S. The summed E-state index contributed by atoms with van der Waals surface area (Å²) >= 11 is 0. The SMILES string of the molecule is COc1ccc(/C=C/C(=O)N[C@@H](C)C(=O)Nc2cc(S(N)(=O)=O)ccc2OC)cc1. The van der Waals surface area contributed by atoms with Gasteiger partial charge in [0.15, 0.2) is 0 Å². The highest BCUT2D eigenvalue weighted by molar-refractivity contribution is 7.89. The smallest absolute Gasteiger partial charge is 0.246 e. The molecule has 0 heterocycles. The fourth-order valence-corrected chi connectivity index (χ4v) is 2.96. The molecule has 2 amide bonds. The van der Waals surface area contributed by atoms with Crippen molar-refractivity contribution in [1.29, 1.82) is 0 Å². The predicted octanol–water partition coefficient (Wildman–Crippen LogP) is 1.51. The monoisotopic (exact) mass is 433 g/mol. The predicted molar refractivity (Wildman–Crippen MR) is 113 cm³/mol. The minimum Gasteiger partial charge on any atom is -0.497 e. The highest BCUT2D eigenvalue weighted by atomic mass is 32.2. The van der Waals surface area contributed by atoms with Crippen LogP contribution in [0.5, 0.6) is 11.5 Å². The molecule has 160 valence electrons. The van der Waals surface area contributed by atoms with Crippen LogP contribution in [0.15, 0.2) is 53.4 Å². The molecule has 0 saturated carbocycles. The van der Waals surface area contributed by atoms with E-state index in [0.717, 1.165) is 5.56 Å². The van der Waals surface area contributed by atoms with E-state index in [-0.39, 0.29) is 16.3 Å². The van der Waals surface area contributed by atoms with Crippen molar-refractivity contribution in [3.63, 3.8) is 0 Å². The summed E-state index contributed by atoms with van der Waals surface area (Å²) in [6.07, 6.45) is 2.89. The van der Waals surface area contributed by atoms with E-state index >= 15 is 0 Å². The zero-order valence-electron chi connectivity index (χ0n) is 16.7. The molecule has 30 heavy (non-hydrogen) atoms. The summed E-state index contributed by atoms with van der Waals surface area (Å²) in [6, 6.07) is 10.0. The van der Waals surface area contributed by atoms with Gasteiger partial charge in [-0.2, -0.15) is 0 Å². The van der Waals surface area contributed by atoms with E-state index in [1.165, 1.54) is 38.3 Å². The lowest BCUT2D eigenvalue weighted by molar-refractivity contribution is -0.123. The number of carbonyl (C=O) groups excluding carboxylic acids is 2. The zero-order chi connectivity index (χ0) is 22.3. The fourth-order valence-electron chi connectivity index (χ4n) is 2.42. The number of amides is 2. The summed E-state index contributed by atoms with van der Waals surface area (Å²) in [5.41, 5.74) is 0.900. The number of primary sulfonamides is 1. The van der Waals surface area contributed by atoms with Gasteiger partial charge in [0.25, 0.3) is 0 Å². The van der Waals surface area contributed by atoms with Crippen molar-refractivity contribution >= 4 is 33.6 Å². The molecule has 0 bridgehead atoms. The third-order valence-electron chi connectivity index (χ3n) is 4.05. The Kier molecular flexibility index (Phi) is 7.56. The van der Waals surface area contributed by atoms with Gasteiger partial charge in [-0.25, -0.2) is 13.6 Å². The highest BCUT2D eigenvalue weighted by Gasteiger charge is 2.18. The number of benzene rings is 2. The van der Waals surface area contributed by atoms with Crippen molar-refractivity contribution in [3.05, 3.63) is 54.1 Å². The largest absolute Gasteiger partial charge is 0.497 e. The van der Waals surface area contributed by atoms with E-state index in [2.05, 4.69) is 10.6 Å². The van der Waals surface area contributed by atoms with E-state index in [0.29, 0.717) is 5.75 Å². The molecule has 0 aliphatic rings. The summed E-state index contributed by atoms with van der Waals surface area (Å²) < 4.78 is 33.2. The van der Waals surface area contributed by atoms with Crippen molar-refractivity contribution in [2.75, 3.05) is 19.5 Å². The summed E-state index contributed by atoms with van der Waals surface area (Å²) in [6.45, 7) is 1.49. The van der Waals surface area contributed by atoms with Gasteiger partial charge in [0.05, 0.1) is 24.8 Å². The lowest BCUT2D eigenvalue weighted by atomic mass is 10.2. The van der Waals surface area contributed by atoms with Gasteiger partial charge in [-0.05, 0) is 48.9 Å². The molecule has 0 saturated heterocycles. The first-order valence-electron chi connectivity index (χ1n) is 8.78. The number of methoxy groups -OCH3 is 2. The third-order valence-corrected chi connectivity index (χ3v) is 4.96. The van der Waals surface area contributed by atoms with Crippen LogP contribution in [-0.4, -0.2) is 40.5 Å². The molecule has 0 aromatic heterocycles. The molecular weight excluding hydrogens is 410 g/mol. The second-order valence-electron chi connectivity index (χ2n) is 6.23. The first kappa shape index (κ1) is 22.9. The summed E-state index contributed by atoms with van der Waals surface area (Å²) in [7, 11) is -1.02. The van der Waals surface area contributed by atoms with E-state index in [1.54, 1.807) is 37.5 Å². The average Bonchev–Trinajstić information content (AvgIpc) is 2.71. The van der Waals surface area contributed by atoms with Gasteiger partial charge in [0, 0.05) is 6.08 Å². The Hall–Kier alpha value is -3.37. The molecule has 2 aromatic rings. The van der Waals surface area contributed by atoms with E-state index in [1.807, 2.05) is 0 Å². The maximum Gasteiger partial charge on any atom is 0.246 e. The molecule has 9 nitrogen and oxygen atoms in total. The molecule has 0 fully saturated rings. The number of ether oxygens (including phenoxy) is 2. The molecule has 1 atom stereocenters. The number of rotatable bonds is 8. The average molecular weight is 433 g/mol. The number of sulfonamides is 1. The molecule has 2 rings (SSSR count). The zero-order valence-corrected chi connectivity index (χ0v) is 17.5. The first-order chi connectivity index (χ1) is 14.1. The van der Waals surface area contributed by atoms with Gasteiger partial charge in [-0.15, -0.1) is 0 Å². The van der Waals surface area contributed by atoms with Crippen molar-refractivity contribution in [3.8, 4) is 11.5 Å². The number of hydrogen-bond acceptors (Lipinski definition) is 6. The maximum atomic E-state index is 12.4. The molecule has 0 radical (unpaired) electrons. The number of nitrogens with one attached hydrogen (secondary N) is 2. The third kappa shape index (κ3) is 6.33. The van der Waals surface area contributed by atoms with E-state index in [4.69, 9.17) is 14.6 Å². The van der Waals surface area contributed by atoms with E-state index < -0.39 is 27.9 Å². The van der Waals surface area contributed by atoms with Crippen LogP contribution in [0.1, 0.15) is 12.5 Å². The Morgan fingerprint density at radius 3 is 2.30 bits per heavy atom. The molecule has 10 heteroatoms. The second-order valence-corrected chi connectivity index (χ2v) is 7.79. The van der Waals surface area contributed by atoms with Crippen LogP contribution in [0.25, 0.3) is 6.08 Å². The van der Waals surface area contributed by atoms with Crippen LogP contribution >= 0.6 is 0 Å². The molecule has 2 aromatic carbocycles. The second kappa shape index (κ2) is 9.90. The highest BCUT2D eigenvalue weighted by Crippen LogP contribution is 2.27. The van der Waals surface area contributed by atoms with Gasteiger partial charge in [0.2, 0.25) is 21.8 Å². The summed E-state index contributed by atoms with van der Waals surface area (Å²) in [5.74, 6) is -0.0951. The Balaban J connectivity index is 2.03. The quantitative estimate of drug-likeness (QED) is 0.540. The normalized spacial score (nSPS) is 12.3. The van der Waals surface area contributed by atoms with Crippen LogP contribution in [0.3, 0.4) is 0 Å². The van der Waals surface area contributed by atoms with Crippen molar-refractivity contribution in [2.24, 2.45) is 5.14 Å². The summed E-state index contributed by atoms with van der Waals surface area (Å²) in [4.78, 5) is 24.3. The minimum atomic E-state index is -3.96. The van der Waals surface area contributed by atoms with Crippen LogP contribution in [0.2, 0.25) is 0 Å².